The van der Waals surface area contributed by atoms with Crippen molar-refractivity contribution in [2.24, 2.45) is 5.10 Å². The van der Waals surface area contributed by atoms with Crippen molar-refractivity contribution in [3.8, 4) is 5.75 Å². The van der Waals surface area contributed by atoms with Crippen LogP contribution in [0.15, 0.2) is 96.1 Å². The number of ether oxygens (including phenoxy) is 1. The highest BCUT2D eigenvalue weighted by molar-refractivity contribution is 6.30. The Hall–Kier alpha value is -3.63. The molecule has 0 atom stereocenters. The molecule has 148 valence electrons. The summed E-state index contributed by atoms with van der Waals surface area (Å²) in [7, 11) is 1.87. The summed E-state index contributed by atoms with van der Waals surface area (Å²) in [6.45, 7) is 0. The molecule has 0 aromatic heterocycles. The van der Waals surface area contributed by atoms with Crippen molar-refractivity contribution < 1.29 is 9.53 Å². The highest BCUT2D eigenvalue weighted by Crippen LogP contribution is 2.28. The number of hydrazone groups is 1. The number of para-hydroxylation sites is 1. The minimum absolute atomic E-state index is 0.428. The second-order valence-electron chi connectivity index (χ2n) is 6.70. The van der Waals surface area contributed by atoms with Crippen LogP contribution in [0.4, 0.5) is 5.69 Å². The minimum atomic E-state index is -0.451. The first-order chi connectivity index (χ1) is 14.6. The molecule has 0 amide bonds. The standard InChI is InChI=1S/C25H19ClN2O2/c1-28(21-8-3-2-4-9-21)27-17-23-22-10-6-5-7-18(22)13-16-24(23)30-25(29)19-11-14-20(26)15-12-19/h2-17H,1H3/b27-17-. The fourth-order valence-corrected chi connectivity index (χ4v) is 3.22. The molecule has 5 heteroatoms. The van der Waals surface area contributed by atoms with Gasteiger partial charge in [0, 0.05) is 17.6 Å². The molecule has 0 saturated carbocycles. The molecule has 4 aromatic rings. The van der Waals surface area contributed by atoms with Gasteiger partial charge in [0.05, 0.1) is 17.5 Å². The molecule has 0 aliphatic heterocycles. The number of nitrogens with zero attached hydrogens (tertiary/aromatic N) is 2. The SMILES string of the molecule is CN(/N=C\c1c(OC(=O)c2ccc(Cl)cc2)ccc2ccccc12)c1ccccc1. The van der Waals surface area contributed by atoms with E-state index >= 15 is 0 Å². The van der Waals surface area contributed by atoms with Gasteiger partial charge < -0.3 is 4.74 Å². The summed E-state index contributed by atoms with van der Waals surface area (Å²) >= 11 is 5.91. The van der Waals surface area contributed by atoms with E-state index in [1.54, 1.807) is 41.6 Å². The highest BCUT2D eigenvalue weighted by Gasteiger charge is 2.14. The topological polar surface area (TPSA) is 41.9 Å². The molecule has 4 aromatic carbocycles. The van der Waals surface area contributed by atoms with Crippen LogP contribution in [0.3, 0.4) is 0 Å². The lowest BCUT2D eigenvalue weighted by molar-refractivity contribution is 0.0735. The van der Waals surface area contributed by atoms with Crippen molar-refractivity contribution in [1.82, 2.24) is 0 Å². The van der Waals surface area contributed by atoms with Crippen molar-refractivity contribution in [1.29, 1.82) is 0 Å². The van der Waals surface area contributed by atoms with E-state index < -0.39 is 5.97 Å². The summed E-state index contributed by atoms with van der Waals surface area (Å²) in [4.78, 5) is 12.7. The largest absolute Gasteiger partial charge is 0.422 e. The van der Waals surface area contributed by atoms with Gasteiger partial charge in [-0.15, -0.1) is 0 Å². The van der Waals surface area contributed by atoms with Gasteiger partial charge in [0.15, 0.2) is 0 Å². The molecule has 4 rings (SSSR count). The monoisotopic (exact) mass is 414 g/mol. The Balaban J connectivity index is 1.70. The zero-order valence-electron chi connectivity index (χ0n) is 16.3. The van der Waals surface area contributed by atoms with Crippen LogP contribution in [0.1, 0.15) is 15.9 Å². The Morgan fingerprint density at radius 1 is 0.900 bits per heavy atom. The minimum Gasteiger partial charge on any atom is -0.422 e. The predicted octanol–water partition coefficient (Wildman–Crippen LogP) is 6.18. The number of benzene rings is 4. The molecule has 0 bridgehead atoms. The van der Waals surface area contributed by atoms with E-state index in [1.807, 2.05) is 67.7 Å². The molecule has 0 heterocycles. The normalized spacial score (nSPS) is 11.0. The zero-order valence-corrected chi connectivity index (χ0v) is 17.1. The lowest BCUT2D eigenvalue weighted by Gasteiger charge is -2.14. The third-order valence-electron chi connectivity index (χ3n) is 4.70. The van der Waals surface area contributed by atoms with Crippen molar-refractivity contribution >= 4 is 40.2 Å². The summed E-state index contributed by atoms with van der Waals surface area (Å²) in [5.41, 5.74) is 2.11. The van der Waals surface area contributed by atoms with Gasteiger partial charge in [-0.1, -0.05) is 60.1 Å². The van der Waals surface area contributed by atoms with E-state index in [4.69, 9.17) is 16.3 Å². The Kier molecular flexibility index (Phi) is 5.77. The molecular formula is C25H19ClN2O2. The van der Waals surface area contributed by atoms with Crippen molar-refractivity contribution in [3.05, 3.63) is 107 Å². The number of anilines is 1. The number of rotatable bonds is 5. The van der Waals surface area contributed by atoms with Gasteiger partial charge in [0.2, 0.25) is 0 Å². The first-order valence-corrected chi connectivity index (χ1v) is 9.82. The van der Waals surface area contributed by atoms with Crippen LogP contribution >= 0.6 is 11.6 Å². The van der Waals surface area contributed by atoms with Gasteiger partial charge in [0.1, 0.15) is 5.75 Å². The molecule has 0 N–H and O–H groups in total. The van der Waals surface area contributed by atoms with Gasteiger partial charge in [0.25, 0.3) is 0 Å². The number of carbonyl (C=O) groups excluding carboxylic acids is 1. The van der Waals surface area contributed by atoms with E-state index in [0.717, 1.165) is 22.0 Å². The zero-order chi connectivity index (χ0) is 20.9. The molecule has 0 saturated heterocycles. The fraction of sp³-hybridized carbons (Fsp3) is 0.0400. The first-order valence-electron chi connectivity index (χ1n) is 9.44. The average Bonchev–Trinajstić information content (AvgIpc) is 2.79. The lowest BCUT2D eigenvalue weighted by atomic mass is 10.0. The van der Waals surface area contributed by atoms with Gasteiger partial charge in [-0.25, -0.2) is 4.79 Å². The van der Waals surface area contributed by atoms with Crippen LogP contribution in [0.2, 0.25) is 5.02 Å². The molecule has 0 aliphatic rings. The molecular weight excluding hydrogens is 396 g/mol. The predicted molar refractivity (Wildman–Crippen MR) is 123 cm³/mol. The maximum Gasteiger partial charge on any atom is 0.343 e. The van der Waals surface area contributed by atoms with Crippen molar-refractivity contribution in [2.75, 3.05) is 12.1 Å². The maximum absolute atomic E-state index is 12.7. The summed E-state index contributed by atoms with van der Waals surface area (Å²) < 4.78 is 5.73. The van der Waals surface area contributed by atoms with Crippen LogP contribution in [-0.2, 0) is 0 Å². The maximum atomic E-state index is 12.7. The van der Waals surface area contributed by atoms with Crippen LogP contribution in [-0.4, -0.2) is 19.2 Å². The number of hydrogen-bond acceptors (Lipinski definition) is 4. The number of hydrogen-bond donors (Lipinski definition) is 0. The Bertz CT molecular complexity index is 1200. The smallest absolute Gasteiger partial charge is 0.343 e. The van der Waals surface area contributed by atoms with Crippen LogP contribution in [0.25, 0.3) is 10.8 Å². The van der Waals surface area contributed by atoms with E-state index in [2.05, 4.69) is 5.10 Å². The molecule has 0 unspecified atom stereocenters. The number of carbonyl (C=O) groups is 1. The summed E-state index contributed by atoms with van der Waals surface area (Å²) in [6, 6.07) is 28.1. The number of fused-ring (bicyclic) bond motifs is 1. The Morgan fingerprint density at radius 2 is 1.60 bits per heavy atom. The van der Waals surface area contributed by atoms with Crippen LogP contribution < -0.4 is 9.75 Å². The van der Waals surface area contributed by atoms with Crippen LogP contribution in [0, 0.1) is 0 Å². The Labute approximate surface area is 180 Å². The van der Waals surface area contributed by atoms with Crippen LogP contribution in [0.5, 0.6) is 5.75 Å². The van der Waals surface area contributed by atoms with Gasteiger partial charge in [-0.05, 0) is 53.2 Å². The number of esters is 1. The summed E-state index contributed by atoms with van der Waals surface area (Å²) in [5.74, 6) is -0.00752. The van der Waals surface area contributed by atoms with Gasteiger partial charge in [-0.2, -0.15) is 5.10 Å². The second kappa shape index (κ2) is 8.80. The molecule has 4 nitrogen and oxygen atoms in total. The van der Waals surface area contributed by atoms with E-state index in [-0.39, 0.29) is 0 Å². The third-order valence-corrected chi connectivity index (χ3v) is 4.96. The molecule has 30 heavy (non-hydrogen) atoms. The average molecular weight is 415 g/mol. The third kappa shape index (κ3) is 4.34. The highest BCUT2D eigenvalue weighted by atomic mass is 35.5. The fourth-order valence-electron chi connectivity index (χ4n) is 3.10. The van der Waals surface area contributed by atoms with E-state index in [0.29, 0.717) is 16.3 Å². The quantitative estimate of drug-likeness (QED) is 0.169. The lowest BCUT2D eigenvalue weighted by Crippen LogP contribution is -2.11. The molecule has 0 aliphatic carbocycles. The number of halogens is 1. The van der Waals surface area contributed by atoms with Gasteiger partial charge in [-0.3, -0.25) is 5.01 Å². The summed E-state index contributed by atoms with van der Waals surface area (Å²) in [5, 5.41) is 8.88. The molecule has 0 fully saturated rings. The second-order valence-corrected chi connectivity index (χ2v) is 7.14. The van der Waals surface area contributed by atoms with Crippen molar-refractivity contribution in [2.45, 2.75) is 0 Å². The molecule has 0 radical (unpaired) electrons. The van der Waals surface area contributed by atoms with Gasteiger partial charge >= 0.3 is 5.97 Å². The van der Waals surface area contributed by atoms with E-state index in [9.17, 15) is 4.79 Å². The Morgan fingerprint density at radius 3 is 2.37 bits per heavy atom. The molecule has 0 spiro atoms. The van der Waals surface area contributed by atoms with Crippen molar-refractivity contribution in [3.63, 3.8) is 0 Å². The first kappa shape index (κ1) is 19.7. The van der Waals surface area contributed by atoms with E-state index in [1.165, 1.54) is 0 Å². The summed E-state index contributed by atoms with van der Waals surface area (Å²) in [6.07, 6.45) is 1.72.